The van der Waals surface area contributed by atoms with Crippen LogP contribution in [-0.4, -0.2) is 51.9 Å². The number of amides is 1. The van der Waals surface area contributed by atoms with Gasteiger partial charge in [0.25, 0.3) is 5.91 Å². The number of carbonyl (C=O) groups excluding carboxylic acids is 1. The molecule has 28 heavy (non-hydrogen) atoms. The van der Waals surface area contributed by atoms with E-state index in [0.29, 0.717) is 52.1 Å². The van der Waals surface area contributed by atoms with Gasteiger partial charge in [-0.25, -0.2) is 15.0 Å². The Morgan fingerprint density at radius 2 is 1.86 bits per heavy atom. The Morgan fingerprint density at radius 1 is 1.04 bits per heavy atom. The third kappa shape index (κ3) is 4.19. The summed E-state index contributed by atoms with van der Waals surface area (Å²) < 4.78 is 0.944. The summed E-state index contributed by atoms with van der Waals surface area (Å²) in [6.07, 6.45) is 3.23. The number of hydrogen-bond acceptors (Lipinski definition) is 7. The lowest BCUT2D eigenvalue weighted by molar-refractivity contribution is 0.0747. The minimum Gasteiger partial charge on any atom is -0.353 e. The highest BCUT2D eigenvalue weighted by molar-refractivity contribution is 7.20. The number of anilines is 3. The molecular weight excluding hydrogens is 419 g/mol. The fourth-order valence-corrected chi connectivity index (χ4v) is 4.40. The van der Waals surface area contributed by atoms with Crippen molar-refractivity contribution in [2.24, 2.45) is 0 Å². The van der Waals surface area contributed by atoms with E-state index in [1.165, 1.54) is 17.7 Å². The average Bonchev–Trinajstić information content (AvgIpc) is 3.06. The van der Waals surface area contributed by atoms with Gasteiger partial charge in [0.15, 0.2) is 0 Å². The van der Waals surface area contributed by atoms with Gasteiger partial charge in [-0.2, -0.15) is 0 Å². The Morgan fingerprint density at radius 3 is 2.54 bits per heavy atom. The van der Waals surface area contributed by atoms with Gasteiger partial charge in [0.05, 0.1) is 9.90 Å². The molecule has 0 aliphatic carbocycles. The van der Waals surface area contributed by atoms with Crippen LogP contribution in [0.5, 0.6) is 0 Å². The zero-order chi connectivity index (χ0) is 19.5. The average molecular weight is 435 g/mol. The number of thiophene rings is 1. The van der Waals surface area contributed by atoms with Crippen LogP contribution in [0.2, 0.25) is 8.67 Å². The van der Waals surface area contributed by atoms with Crippen LogP contribution in [0, 0.1) is 0 Å². The monoisotopic (exact) mass is 434 g/mol. The molecule has 1 N–H and O–H groups in total. The molecule has 10 heteroatoms. The Hall–Kier alpha value is -2.42. The van der Waals surface area contributed by atoms with Crippen molar-refractivity contribution in [1.29, 1.82) is 0 Å². The van der Waals surface area contributed by atoms with Crippen molar-refractivity contribution in [2.75, 3.05) is 36.4 Å². The SMILES string of the molecule is O=C(c1cc(Cl)sc1Cl)N1CCN(c2cc(Nc3ccccn3)ncn2)CC1. The molecule has 1 fully saturated rings. The first-order valence-corrected chi connectivity index (χ1v) is 10.2. The second-order valence-corrected chi connectivity index (χ2v) is 8.40. The predicted molar refractivity (Wildman–Crippen MR) is 112 cm³/mol. The van der Waals surface area contributed by atoms with Crippen LogP contribution in [0.15, 0.2) is 42.9 Å². The second-order valence-electron chi connectivity index (χ2n) is 6.12. The Labute approximate surface area is 176 Å². The van der Waals surface area contributed by atoms with E-state index in [1.807, 2.05) is 24.3 Å². The fourth-order valence-electron chi connectivity index (χ4n) is 2.95. The van der Waals surface area contributed by atoms with Crippen LogP contribution in [-0.2, 0) is 0 Å². The predicted octanol–water partition coefficient (Wildman–Crippen LogP) is 3.95. The lowest BCUT2D eigenvalue weighted by Crippen LogP contribution is -2.49. The van der Waals surface area contributed by atoms with Crippen LogP contribution in [0.25, 0.3) is 0 Å². The molecule has 4 rings (SSSR count). The number of nitrogens with zero attached hydrogens (tertiary/aromatic N) is 5. The number of hydrogen-bond donors (Lipinski definition) is 1. The van der Waals surface area contributed by atoms with Crippen molar-refractivity contribution < 1.29 is 4.79 Å². The van der Waals surface area contributed by atoms with Crippen LogP contribution in [0.3, 0.4) is 0 Å². The molecule has 0 unspecified atom stereocenters. The summed E-state index contributed by atoms with van der Waals surface area (Å²) in [6.45, 7) is 2.49. The van der Waals surface area contributed by atoms with Crippen molar-refractivity contribution in [3.63, 3.8) is 0 Å². The van der Waals surface area contributed by atoms with Gasteiger partial charge in [-0.3, -0.25) is 4.79 Å². The molecule has 0 bridgehead atoms. The maximum Gasteiger partial charge on any atom is 0.256 e. The van der Waals surface area contributed by atoms with E-state index in [0.717, 1.165) is 5.82 Å². The van der Waals surface area contributed by atoms with Crippen molar-refractivity contribution in [2.45, 2.75) is 0 Å². The zero-order valence-electron chi connectivity index (χ0n) is 14.7. The van der Waals surface area contributed by atoms with Crippen LogP contribution >= 0.6 is 34.5 Å². The van der Waals surface area contributed by atoms with Crippen LogP contribution < -0.4 is 10.2 Å². The molecule has 1 aliphatic rings. The van der Waals surface area contributed by atoms with Gasteiger partial charge in [-0.1, -0.05) is 29.3 Å². The Kier molecular flexibility index (Phi) is 5.61. The summed E-state index contributed by atoms with van der Waals surface area (Å²) in [4.78, 5) is 29.4. The molecule has 0 atom stereocenters. The van der Waals surface area contributed by atoms with E-state index in [4.69, 9.17) is 23.2 Å². The maximum absolute atomic E-state index is 12.7. The summed E-state index contributed by atoms with van der Waals surface area (Å²) in [7, 11) is 0. The number of aromatic nitrogens is 3. The van der Waals surface area contributed by atoms with Gasteiger partial charge in [0.2, 0.25) is 0 Å². The maximum atomic E-state index is 12.7. The first-order chi connectivity index (χ1) is 13.6. The number of pyridine rings is 1. The zero-order valence-corrected chi connectivity index (χ0v) is 17.0. The Bertz CT molecular complexity index is 975. The molecule has 1 aliphatic heterocycles. The van der Waals surface area contributed by atoms with Crippen molar-refractivity contribution >= 4 is 57.9 Å². The van der Waals surface area contributed by atoms with E-state index < -0.39 is 0 Å². The minimum atomic E-state index is -0.0898. The first kappa shape index (κ1) is 18.9. The molecule has 0 spiro atoms. The van der Waals surface area contributed by atoms with Crippen LogP contribution in [0.4, 0.5) is 17.5 Å². The number of carbonyl (C=O) groups is 1. The molecule has 0 aromatic carbocycles. The van der Waals surface area contributed by atoms with Gasteiger partial charge in [0.1, 0.15) is 28.1 Å². The quantitative estimate of drug-likeness (QED) is 0.669. The van der Waals surface area contributed by atoms with Gasteiger partial charge < -0.3 is 15.1 Å². The molecule has 4 heterocycles. The molecule has 7 nitrogen and oxygen atoms in total. The molecule has 0 radical (unpaired) electrons. The number of rotatable bonds is 4. The van der Waals surface area contributed by atoms with Gasteiger partial charge in [0, 0.05) is 38.4 Å². The van der Waals surface area contributed by atoms with E-state index >= 15 is 0 Å². The molecule has 144 valence electrons. The fraction of sp³-hybridized carbons (Fsp3) is 0.222. The van der Waals surface area contributed by atoms with E-state index in [1.54, 1.807) is 17.2 Å². The summed E-state index contributed by atoms with van der Waals surface area (Å²) in [5.41, 5.74) is 0.467. The van der Waals surface area contributed by atoms with Gasteiger partial charge >= 0.3 is 0 Å². The highest BCUT2D eigenvalue weighted by Crippen LogP contribution is 2.32. The molecule has 3 aromatic rings. The van der Waals surface area contributed by atoms with Crippen molar-refractivity contribution in [1.82, 2.24) is 19.9 Å². The highest BCUT2D eigenvalue weighted by Gasteiger charge is 2.25. The highest BCUT2D eigenvalue weighted by atomic mass is 35.5. The first-order valence-electron chi connectivity index (χ1n) is 8.59. The van der Waals surface area contributed by atoms with Crippen molar-refractivity contribution in [3.8, 4) is 0 Å². The topological polar surface area (TPSA) is 74.2 Å². The molecule has 3 aromatic heterocycles. The lowest BCUT2D eigenvalue weighted by atomic mass is 10.2. The number of halogens is 2. The smallest absolute Gasteiger partial charge is 0.256 e. The number of piperazine rings is 1. The molecular formula is C18H16Cl2N6OS. The second kappa shape index (κ2) is 8.30. The summed E-state index contributed by atoms with van der Waals surface area (Å²) in [5, 5.41) is 3.16. The summed E-state index contributed by atoms with van der Waals surface area (Å²) in [6, 6.07) is 9.13. The molecule has 0 saturated carbocycles. The minimum absolute atomic E-state index is 0.0898. The van der Waals surface area contributed by atoms with Gasteiger partial charge in [-0.15, -0.1) is 11.3 Å². The van der Waals surface area contributed by atoms with E-state index in [9.17, 15) is 4.79 Å². The van der Waals surface area contributed by atoms with E-state index in [-0.39, 0.29) is 5.91 Å². The van der Waals surface area contributed by atoms with Gasteiger partial charge in [-0.05, 0) is 18.2 Å². The summed E-state index contributed by atoms with van der Waals surface area (Å²) in [5.74, 6) is 2.10. The van der Waals surface area contributed by atoms with Crippen molar-refractivity contribution in [3.05, 3.63) is 57.1 Å². The molecule has 1 saturated heterocycles. The Balaban J connectivity index is 1.40. The largest absolute Gasteiger partial charge is 0.353 e. The standard InChI is InChI=1S/C18H16Cl2N6OS/c19-13-9-12(17(20)28-13)18(27)26-7-5-25(6-8-26)16-10-15(22-11-23-16)24-14-3-1-2-4-21-14/h1-4,9-11H,5-8H2,(H,21,22,23,24). The number of nitrogens with one attached hydrogen (secondary N) is 1. The lowest BCUT2D eigenvalue weighted by Gasteiger charge is -2.35. The third-order valence-corrected chi connectivity index (χ3v) is 5.84. The van der Waals surface area contributed by atoms with Crippen LogP contribution in [0.1, 0.15) is 10.4 Å². The normalized spacial score (nSPS) is 14.2. The molecule has 1 amide bonds. The summed E-state index contributed by atoms with van der Waals surface area (Å²) >= 11 is 13.3. The van der Waals surface area contributed by atoms with E-state index in [2.05, 4.69) is 25.2 Å². The third-order valence-electron chi connectivity index (χ3n) is 4.35.